The van der Waals surface area contributed by atoms with Gasteiger partial charge in [-0.3, -0.25) is 4.79 Å². The van der Waals surface area contributed by atoms with Gasteiger partial charge < -0.3 is 10.6 Å². The summed E-state index contributed by atoms with van der Waals surface area (Å²) in [6, 6.07) is 7.28. The topological polar surface area (TPSA) is 59.0 Å². The van der Waals surface area contributed by atoms with Crippen LogP contribution in [0.1, 0.15) is 18.4 Å². The zero-order chi connectivity index (χ0) is 16.2. The second kappa shape index (κ2) is 7.34. The molecule has 1 fully saturated rings. The van der Waals surface area contributed by atoms with Crippen molar-refractivity contribution >= 4 is 34.9 Å². The van der Waals surface area contributed by atoms with Crippen LogP contribution < -0.4 is 10.6 Å². The maximum atomic E-state index is 12.4. The van der Waals surface area contributed by atoms with E-state index in [2.05, 4.69) is 15.7 Å². The summed E-state index contributed by atoms with van der Waals surface area (Å²) in [7, 11) is 0. The lowest BCUT2D eigenvalue weighted by atomic mass is 9.97. The molecule has 1 saturated heterocycles. The summed E-state index contributed by atoms with van der Waals surface area (Å²) < 4.78 is 1.72. The smallest absolute Gasteiger partial charge is 0.228 e. The van der Waals surface area contributed by atoms with Crippen LogP contribution in [-0.4, -0.2) is 28.8 Å². The van der Waals surface area contributed by atoms with Gasteiger partial charge in [0.15, 0.2) is 0 Å². The number of carbonyl (C=O) groups is 1. The normalized spacial score (nSPS) is 15.6. The first kappa shape index (κ1) is 16.3. The van der Waals surface area contributed by atoms with Gasteiger partial charge in [-0.05, 0) is 37.6 Å². The zero-order valence-corrected chi connectivity index (χ0v) is 14.1. The summed E-state index contributed by atoms with van der Waals surface area (Å²) >= 11 is 12.3. The highest BCUT2D eigenvalue weighted by Crippen LogP contribution is 2.26. The van der Waals surface area contributed by atoms with E-state index >= 15 is 0 Å². The number of benzene rings is 1. The fourth-order valence-electron chi connectivity index (χ4n) is 2.71. The Kier molecular flexibility index (Phi) is 5.20. The van der Waals surface area contributed by atoms with E-state index in [0.29, 0.717) is 22.4 Å². The van der Waals surface area contributed by atoms with Crippen LogP contribution in [0.15, 0.2) is 30.5 Å². The van der Waals surface area contributed by atoms with E-state index in [1.807, 2.05) is 12.1 Å². The summed E-state index contributed by atoms with van der Waals surface area (Å²) in [6.07, 6.45) is 3.39. The summed E-state index contributed by atoms with van der Waals surface area (Å²) in [6.45, 7) is 2.22. The summed E-state index contributed by atoms with van der Waals surface area (Å²) in [4.78, 5) is 12.4. The van der Waals surface area contributed by atoms with Crippen molar-refractivity contribution in [2.24, 2.45) is 5.92 Å². The highest BCUT2D eigenvalue weighted by molar-refractivity contribution is 6.42. The van der Waals surface area contributed by atoms with E-state index in [1.54, 1.807) is 23.0 Å². The van der Waals surface area contributed by atoms with Crippen LogP contribution in [0.4, 0.5) is 5.82 Å². The van der Waals surface area contributed by atoms with Gasteiger partial charge >= 0.3 is 0 Å². The van der Waals surface area contributed by atoms with E-state index in [-0.39, 0.29) is 11.8 Å². The first-order valence-corrected chi connectivity index (χ1v) is 8.37. The number of amides is 1. The van der Waals surface area contributed by atoms with Gasteiger partial charge in [0.2, 0.25) is 5.91 Å². The predicted molar refractivity (Wildman–Crippen MR) is 92.0 cm³/mol. The average Bonchev–Trinajstić information content (AvgIpc) is 2.99. The van der Waals surface area contributed by atoms with Crippen LogP contribution >= 0.6 is 23.2 Å². The molecule has 2 aromatic rings. The molecule has 23 heavy (non-hydrogen) atoms. The maximum absolute atomic E-state index is 12.4. The second-order valence-corrected chi connectivity index (χ2v) is 6.39. The van der Waals surface area contributed by atoms with Gasteiger partial charge in [0, 0.05) is 12.0 Å². The van der Waals surface area contributed by atoms with E-state index in [4.69, 9.17) is 23.2 Å². The van der Waals surface area contributed by atoms with Crippen LogP contribution in [0.5, 0.6) is 0 Å². The third-order valence-electron chi connectivity index (χ3n) is 4.03. The van der Waals surface area contributed by atoms with Crippen LogP contribution in [0.25, 0.3) is 0 Å². The molecule has 0 radical (unpaired) electrons. The van der Waals surface area contributed by atoms with E-state index in [1.165, 1.54) is 0 Å². The molecular weight excluding hydrogens is 335 g/mol. The van der Waals surface area contributed by atoms with Crippen molar-refractivity contribution in [1.29, 1.82) is 0 Å². The van der Waals surface area contributed by atoms with Crippen molar-refractivity contribution < 1.29 is 4.79 Å². The fraction of sp³-hybridized carbons (Fsp3) is 0.375. The van der Waals surface area contributed by atoms with Crippen LogP contribution in [0.2, 0.25) is 10.0 Å². The van der Waals surface area contributed by atoms with Crippen LogP contribution in [-0.2, 0) is 11.3 Å². The van der Waals surface area contributed by atoms with Gasteiger partial charge in [0.1, 0.15) is 5.82 Å². The largest absolute Gasteiger partial charge is 0.317 e. The summed E-state index contributed by atoms with van der Waals surface area (Å²) in [5.74, 6) is 0.768. The van der Waals surface area contributed by atoms with E-state index < -0.39 is 0 Å². The Morgan fingerprint density at radius 1 is 1.30 bits per heavy atom. The van der Waals surface area contributed by atoms with Crippen molar-refractivity contribution in [3.05, 3.63) is 46.1 Å². The van der Waals surface area contributed by atoms with Gasteiger partial charge in [-0.1, -0.05) is 35.3 Å². The number of halogens is 2. The number of hydrogen-bond acceptors (Lipinski definition) is 3. The Morgan fingerprint density at radius 3 is 2.87 bits per heavy atom. The molecule has 0 saturated carbocycles. The van der Waals surface area contributed by atoms with Crippen molar-refractivity contribution in [2.45, 2.75) is 19.4 Å². The first-order chi connectivity index (χ1) is 11.1. The van der Waals surface area contributed by atoms with Crippen molar-refractivity contribution in [2.75, 3.05) is 18.4 Å². The molecular formula is C16H18Cl2N4O. The molecule has 3 rings (SSSR count). The van der Waals surface area contributed by atoms with Crippen molar-refractivity contribution in [3.8, 4) is 0 Å². The molecule has 5 nitrogen and oxygen atoms in total. The Bertz CT molecular complexity index is 695. The summed E-state index contributed by atoms with van der Waals surface area (Å²) in [5.41, 5.74) is 0.861. The molecule has 0 atom stereocenters. The Labute approximate surface area is 145 Å². The lowest BCUT2D eigenvalue weighted by Gasteiger charge is -2.22. The van der Waals surface area contributed by atoms with Gasteiger partial charge in [-0.15, -0.1) is 0 Å². The molecule has 1 aromatic heterocycles. The number of anilines is 1. The van der Waals surface area contributed by atoms with Crippen molar-refractivity contribution in [3.63, 3.8) is 0 Å². The second-order valence-electron chi connectivity index (χ2n) is 5.60. The Morgan fingerprint density at radius 2 is 2.09 bits per heavy atom. The molecule has 1 aliphatic rings. The molecule has 1 aliphatic heterocycles. The standard InChI is InChI=1S/C16H18Cl2N4O/c17-13-3-1-2-12(15(13)18)10-22-14(6-9-20-22)21-16(23)11-4-7-19-8-5-11/h1-3,6,9,11,19H,4-5,7-8,10H2,(H,21,23). The quantitative estimate of drug-likeness (QED) is 0.888. The minimum absolute atomic E-state index is 0.0467. The third kappa shape index (κ3) is 3.86. The SMILES string of the molecule is O=C(Nc1ccnn1Cc1cccc(Cl)c1Cl)C1CCNCC1. The molecule has 7 heteroatoms. The van der Waals surface area contributed by atoms with E-state index in [9.17, 15) is 4.79 Å². The number of aromatic nitrogens is 2. The fourth-order valence-corrected chi connectivity index (χ4v) is 3.09. The summed E-state index contributed by atoms with van der Waals surface area (Å²) in [5, 5.41) is 11.5. The molecule has 0 aliphatic carbocycles. The molecule has 1 amide bonds. The highest BCUT2D eigenvalue weighted by atomic mass is 35.5. The molecule has 1 aromatic carbocycles. The van der Waals surface area contributed by atoms with Gasteiger partial charge in [-0.2, -0.15) is 5.10 Å². The van der Waals surface area contributed by atoms with Crippen LogP contribution in [0.3, 0.4) is 0 Å². The predicted octanol–water partition coefficient (Wildman–Crippen LogP) is 3.18. The number of nitrogens with zero attached hydrogens (tertiary/aromatic N) is 2. The average molecular weight is 353 g/mol. The number of carbonyl (C=O) groups excluding carboxylic acids is 1. The minimum atomic E-state index is 0.0467. The number of rotatable bonds is 4. The molecule has 2 heterocycles. The zero-order valence-electron chi connectivity index (χ0n) is 12.6. The van der Waals surface area contributed by atoms with E-state index in [0.717, 1.165) is 31.5 Å². The minimum Gasteiger partial charge on any atom is -0.317 e. The molecule has 0 spiro atoms. The van der Waals surface area contributed by atoms with Gasteiger partial charge in [-0.25, -0.2) is 4.68 Å². The Hall–Kier alpha value is -1.56. The maximum Gasteiger partial charge on any atom is 0.228 e. The molecule has 0 bridgehead atoms. The third-order valence-corrected chi connectivity index (χ3v) is 4.89. The first-order valence-electron chi connectivity index (χ1n) is 7.61. The number of piperidine rings is 1. The molecule has 0 unspecified atom stereocenters. The van der Waals surface area contributed by atoms with Crippen molar-refractivity contribution in [1.82, 2.24) is 15.1 Å². The molecule has 2 N–H and O–H groups in total. The van der Waals surface area contributed by atoms with Gasteiger partial charge in [0.05, 0.1) is 22.8 Å². The lowest BCUT2D eigenvalue weighted by molar-refractivity contribution is -0.120. The Balaban J connectivity index is 1.72. The lowest BCUT2D eigenvalue weighted by Crippen LogP contribution is -2.35. The highest BCUT2D eigenvalue weighted by Gasteiger charge is 2.22. The van der Waals surface area contributed by atoms with Gasteiger partial charge in [0.25, 0.3) is 0 Å². The molecule has 122 valence electrons. The monoisotopic (exact) mass is 352 g/mol. The number of hydrogen-bond donors (Lipinski definition) is 2. The van der Waals surface area contributed by atoms with Crippen LogP contribution in [0, 0.1) is 5.92 Å². The number of nitrogens with one attached hydrogen (secondary N) is 2.